The maximum Gasteiger partial charge on any atom is 0.323 e. The molecule has 0 heterocycles. The van der Waals surface area contributed by atoms with Crippen molar-refractivity contribution in [2.24, 2.45) is 0 Å². The molecule has 0 aromatic rings. The second-order valence-electron chi connectivity index (χ2n) is 1.79. The summed E-state index contributed by atoms with van der Waals surface area (Å²) in [4.78, 5) is 10.3. The van der Waals surface area contributed by atoms with Crippen LogP contribution in [0.1, 0.15) is 13.3 Å². The highest BCUT2D eigenvalue weighted by Gasteiger charge is 2.27. The van der Waals surface area contributed by atoms with Crippen LogP contribution in [0, 0.1) is 0 Å². The number of carboxylic acids is 1. The second kappa shape index (κ2) is 2.92. The lowest BCUT2D eigenvalue weighted by Gasteiger charge is -2.15. The molecule has 0 rings (SSSR count). The number of carboxylic acid groups (broad SMARTS) is 1. The van der Waals surface area contributed by atoms with Crippen LogP contribution in [0.2, 0.25) is 0 Å². The normalized spacial score (nSPS) is 16.2. The smallest absolute Gasteiger partial charge is 0.323 e. The Morgan fingerprint density at radius 3 is 2.44 bits per heavy atom. The van der Waals surface area contributed by atoms with Crippen molar-refractivity contribution in [2.75, 3.05) is 0 Å². The summed E-state index contributed by atoms with van der Waals surface area (Å²) in [7, 11) is 0. The quantitative estimate of drug-likeness (QED) is 0.465. The van der Waals surface area contributed by atoms with Crippen LogP contribution in [0.15, 0.2) is 12.7 Å². The molecule has 9 heavy (non-hydrogen) atoms. The summed E-state index contributed by atoms with van der Waals surface area (Å²) in [5.74, 6) is -0.941. The van der Waals surface area contributed by atoms with Gasteiger partial charge in [-0.25, -0.2) is 0 Å². The molecule has 0 aromatic carbocycles. The zero-order valence-corrected chi connectivity index (χ0v) is 6.19. The summed E-state index contributed by atoms with van der Waals surface area (Å²) in [6, 6.07) is 0. The predicted molar refractivity (Wildman–Crippen MR) is 39.8 cm³/mol. The first-order chi connectivity index (χ1) is 4.06. The topological polar surface area (TPSA) is 37.3 Å². The Balaban J connectivity index is 4.27. The fourth-order valence-electron chi connectivity index (χ4n) is 0.383. The lowest BCUT2D eigenvalue weighted by atomic mass is 10.1. The van der Waals surface area contributed by atoms with Gasteiger partial charge in [0.2, 0.25) is 0 Å². The van der Waals surface area contributed by atoms with Gasteiger partial charge in [-0.3, -0.25) is 4.79 Å². The monoisotopic (exact) mass is 146 g/mol. The minimum Gasteiger partial charge on any atom is -0.480 e. The maximum atomic E-state index is 10.3. The van der Waals surface area contributed by atoms with Crippen molar-refractivity contribution < 1.29 is 9.90 Å². The molecular formula is C6H10O2S. The summed E-state index contributed by atoms with van der Waals surface area (Å²) < 4.78 is -1.04. The maximum absolute atomic E-state index is 10.3. The minimum absolute atomic E-state index is 0.453. The summed E-state index contributed by atoms with van der Waals surface area (Å²) in [6.07, 6.45) is 1.79. The van der Waals surface area contributed by atoms with Gasteiger partial charge in [0.25, 0.3) is 0 Å². The zero-order valence-electron chi connectivity index (χ0n) is 5.29. The van der Waals surface area contributed by atoms with Gasteiger partial charge in [-0.15, -0.1) is 6.58 Å². The minimum atomic E-state index is -1.04. The Morgan fingerprint density at radius 2 is 2.44 bits per heavy atom. The van der Waals surface area contributed by atoms with Gasteiger partial charge in [0.15, 0.2) is 0 Å². The predicted octanol–water partition coefficient (Wildman–Crippen LogP) is 1.34. The van der Waals surface area contributed by atoms with Crippen molar-refractivity contribution in [3.8, 4) is 0 Å². The van der Waals surface area contributed by atoms with Gasteiger partial charge in [0.1, 0.15) is 4.75 Å². The third-order valence-corrected chi connectivity index (χ3v) is 1.94. The van der Waals surface area contributed by atoms with Crippen LogP contribution >= 0.6 is 12.6 Å². The van der Waals surface area contributed by atoms with Gasteiger partial charge in [0, 0.05) is 0 Å². The van der Waals surface area contributed by atoms with Crippen LogP contribution in [-0.4, -0.2) is 15.8 Å². The number of thiol groups is 1. The molecule has 0 fully saturated rings. The SMILES string of the molecule is C=CC(S)(CC)C(=O)O. The number of carbonyl (C=O) groups is 1. The zero-order chi connectivity index (χ0) is 7.49. The summed E-state index contributed by atoms with van der Waals surface area (Å²) in [5.41, 5.74) is 0. The molecule has 1 unspecified atom stereocenters. The first-order valence-electron chi connectivity index (χ1n) is 2.66. The number of aliphatic carboxylic acids is 1. The fourth-order valence-corrected chi connectivity index (χ4v) is 0.383. The first-order valence-corrected chi connectivity index (χ1v) is 3.11. The van der Waals surface area contributed by atoms with E-state index in [4.69, 9.17) is 5.11 Å². The van der Waals surface area contributed by atoms with Crippen LogP contribution in [0.3, 0.4) is 0 Å². The van der Waals surface area contributed by atoms with Gasteiger partial charge in [-0.05, 0) is 6.42 Å². The van der Waals surface area contributed by atoms with E-state index in [2.05, 4.69) is 19.2 Å². The largest absolute Gasteiger partial charge is 0.480 e. The van der Waals surface area contributed by atoms with Crippen LogP contribution in [0.4, 0.5) is 0 Å². The second-order valence-corrected chi connectivity index (χ2v) is 2.59. The third-order valence-electron chi connectivity index (χ3n) is 1.25. The van der Waals surface area contributed by atoms with Crippen molar-refractivity contribution >= 4 is 18.6 Å². The van der Waals surface area contributed by atoms with E-state index in [0.29, 0.717) is 6.42 Å². The molecule has 0 aromatic heterocycles. The van der Waals surface area contributed by atoms with Crippen molar-refractivity contribution in [1.82, 2.24) is 0 Å². The Bertz CT molecular complexity index is 133. The lowest BCUT2D eigenvalue weighted by Crippen LogP contribution is -2.28. The van der Waals surface area contributed by atoms with Gasteiger partial charge in [-0.2, -0.15) is 12.6 Å². The standard InChI is InChI=1S/C6H10O2S/c1-3-6(9,4-2)5(7)8/h3,9H,1,4H2,2H3,(H,7,8). The molecule has 0 radical (unpaired) electrons. The van der Waals surface area contributed by atoms with Crippen molar-refractivity contribution in [3.63, 3.8) is 0 Å². The molecule has 0 bridgehead atoms. The van der Waals surface area contributed by atoms with Crippen LogP contribution < -0.4 is 0 Å². The molecule has 0 spiro atoms. The fraction of sp³-hybridized carbons (Fsp3) is 0.500. The van der Waals surface area contributed by atoms with Crippen LogP contribution in [0.25, 0.3) is 0 Å². The molecule has 0 saturated carbocycles. The Morgan fingerprint density at radius 1 is 2.00 bits per heavy atom. The van der Waals surface area contributed by atoms with Crippen molar-refractivity contribution in [1.29, 1.82) is 0 Å². The van der Waals surface area contributed by atoms with E-state index in [0.717, 1.165) is 0 Å². The van der Waals surface area contributed by atoms with Crippen molar-refractivity contribution in [3.05, 3.63) is 12.7 Å². The first kappa shape index (κ1) is 8.56. The van der Waals surface area contributed by atoms with E-state index in [1.807, 2.05) is 0 Å². The Labute approximate surface area is 60.0 Å². The lowest BCUT2D eigenvalue weighted by molar-refractivity contribution is -0.138. The van der Waals surface area contributed by atoms with E-state index in [1.165, 1.54) is 6.08 Å². The summed E-state index contributed by atoms with van der Waals surface area (Å²) >= 11 is 3.90. The molecule has 0 aliphatic rings. The van der Waals surface area contributed by atoms with Crippen LogP contribution in [0.5, 0.6) is 0 Å². The average Bonchev–Trinajstić information content (AvgIpc) is 1.86. The third kappa shape index (κ3) is 1.75. The molecule has 2 nitrogen and oxygen atoms in total. The van der Waals surface area contributed by atoms with Crippen molar-refractivity contribution in [2.45, 2.75) is 18.1 Å². The van der Waals surface area contributed by atoms with Crippen LogP contribution in [-0.2, 0) is 4.79 Å². The van der Waals surface area contributed by atoms with E-state index in [1.54, 1.807) is 6.92 Å². The highest BCUT2D eigenvalue weighted by atomic mass is 32.1. The molecule has 0 amide bonds. The Kier molecular flexibility index (Phi) is 2.77. The molecule has 52 valence electrons. The molecule has 3 heteroatoms. The molecule has 0 aliphatic carbocycles. The number of hydrogen-bond acceptors (Lipinski definition) is 2. The van der Waals surface area contributed by atoms with E-state index < -0.39 is 10.7 Å². The number of rotatable bonds is 3. The van der Waals surface area contributed by atoms with E-state index in [-0.39, 0.29) is 0 Å². The van der Waals surface area contributed by atoms with Gasteiger partial charge < -0.3 is 5.11 Å². The van der Waals surface area contributed by atoms with E-state index in [9.17, 15) is 4.79 Å². The van der Waals surface area contributed by atoms with Gasteiger partial charge in [-0.1, -0.05) is 13.0 Å². The van der Waals surface area contributed by atoms with E-state index >= 15 is 0 Å². The summed E-state index contributed by atoms with van der Waals surface area (Å²) in [5, 5.41) is 8.48. The Hall–Kier alpha value is -0.440. The molecule has 0 aliphatic heterocycles. The van der Waals surface area contributed by atoms with Gasteiger partial charge >= 0.3 is 5.97 Å². The molecule has 1 N–H and O–H groups in total. The molecule has 0 saturated heterocycles. The molecular weight excluding hydrogens is 136 g/mol. The average molecular weight is 146 g/mol. The number of hydrogen-bond donors (Lipinski definition) is 2. The summed E-state index contributed by atoms with van der Waals surface area (Å²) in [6.45, 7) is 5.12. The molecule has 1 atom stereocenters. The van der Waals surface area contributed by atoms with Gasteiger partial charge in [0.05, 0.1) is 0 Å². The highest BCUT2D eigenvalue weighted by Crippen LogP contribution is 2.19. The highest BCUT2D eigenvalue weighted by molar-refractivity contribution is 7.83.